The summed E-state index contributed by atoms with van der Waals surface area (Å²) >= 11 is 0. The summed E-state index contributed by atoms with van der Waals surface area (Å²) in [7, 11) is 1.26. The smallest absolute Gasteiger partial charge is 0.337 e. The van der Waals surface area contributed by atoms with Crippen LogP contribution in [-0.4, -0.2) is 13.1 Å². The third-order valence-electron chi connectivity index (χ3n) is 2.67. The number of esters is 1. The van der Waals surface area contributed by atoms with Crippen LogP contribution in [0.15, 0.2) is 36.4 Å². The minimum Gasteiger partial charge on any atom is -0.465 e. The average molecular weight is 278 g/mol. The van der Waals surface area contributed by atoms with Gasteiger partial charge in [0.05, 0.1) is 29.7 Å². The van der Waals surface area contributed by atoms with E-state index in [0.717, 1.165) is 12.1 Å². The topological polar surface area (TPSA) is 64.3 Å². The van der Waals surface area contributed by atoms with E-state index in [2.05, 4.69) is 10.1 Å². The van der Waals surface area contributed by atoms with E-state index in [1.165, 1.54) is 31.4 Å². The van der Waals surface area contributed by atoms with E-state index >= 15 is 0 Å². The van der Waals surface area contributed by atoms with Crippen molar-refractivity contribution < 1.29 is 18.3 Å². The number of nitrogens with two attached hydrogens (primary N) is 1. The van der Waals surface area contributed by atoms with Crippen molar-refractivity contribution in [3.05, 3.63) is 53.6 Å². The number of benzene rings is 2. The minimum atomic E-state index is -0.735. The Balaban J connectivity index is 2.28. The lowest BCUT2D eigenvalue weighted by molar-refractivity contribution is 0.0601. The van der Waals surface area contributed by atoms with Crippen molar-refractivity contribution in [2.24, 2.45) is 0 Å². The Morgan fingerprint density at radius 2 is 1.85 bits per heavy atom. The normalized spacial score (nSPS) is 10.2. The Bertz CT molecular complexity index is 660. The van der Waals surface area contributed by atoms with Crippen LogP contribution in [0.5, 0.6) is 0 Å². The van der Waals surface area contributed by atoms with Gasteiger partial charge in [0.25, 0.3) is 0 Å². The maximum atomic E-state index is 13.5. The van der Waals surface area contributed by atoms with Crippen molar-refractivity contribution in [2.75, 3.05) is 18.2 Å². The zero-order valence-corrected chi connectivity index (χ0v) is 10.6. The molecule has 3 N–H and O–H groups in total. The predicted molar refractivity (Wildman–Crippen MR) is 71.8 cm³/mol. The van der Waals surface area contributed by atoms with Gasteiger partial charge in [-0.15, -0.1) is 0 Å². The Morgan fingerprint density at radius 3 is 2.45 bits per heavy atom. The number of hydrogen-bond acceptors (Lipinski definition) is 4. The lowest BCUT2D eigenvalue weighted by Gasteiger charge is -2.11. The van der Waals surface area contributed by atoms with E-state index in [9.17, 15) is 13.6 Å². The van der Waals surface area contributed by atoms with Gasteiger partial charge in [0.1, 0.15) is 11.6 Å². The summed E-state index contributed by atoms with van der Waals surface area (Å²) in [6.07, 6.45) is 0. The molecule has 0 bridgehead atoms. The highest BCUT2D eigenvalue weighted by molar-refractivity contribution is 5.92. The van der Waals surface area contributed by atoms with Crippen molar-refractivity contribution in [1.29, 1.82) is 0 Å². The summed E-state index contributed by atoms with van der Waals surface area (Å²) in [5, 5.41) is 2.73. The quantitative estimate of drug-likeness (QED) is 0.669. The number of anilines is 3. The van der Waals surface area contributed by atoms with Crippen LogP contribution in [0.3, 0.4) is 0 Å². The molecule has 0 aliphatic heterocycles. The third kappa shape index (κ3) is 2.85. The van der Waals surface area contributed by atoms with Gasteiger partial charge in [-0.25, -0.2) is 13.6 Å². The number of methoxy groups -OCH3 is 1. The Hall–Kier alpha value is -2.63. The van der Waals surface area contributed by atoms with Gasteiger partial charge in [-0.1, -0.05) is 0 Å². The molecule has 0 atom stereocenters. The minimum absolute atomic E-state index is 0.0870. The van der Waals surface area contributed by atoms with E-state index in [1.54, 1.807) is 0 Å². The highest BCUT2D eigenvalue weighted by Gasteiger charge is 2.10. The number of nitrogen functional groups attached to an aromatic ring is 1. The molecule has 0 spiro atoms. The fraction of sp³-hybridized carbons (Fsp3) is 0.0714. The predicted octanol–water partition coefficient (Wildman–Crippen LogP) is 3.08. The molecule has 0 saturated heterocycles. The molecule has 0 fully saturated rings. The largest absolute Gasteiger partial charge is 0.465 e. The molecule has 2 rings (SSSR count). The Labute approximate surface area is 114 Å². The first kappa shape index (κ1) is 13.8. The van der Waals surface area contributed by atoms with E-state index in [1.807, 2.05) is 0 Å². The van der Waals surface area contributed by atoms with Gasteiger partial charge in [-0.3, -0.25) is 0 Å². The number of carbonyl (C=O) groups is 1. The van der Waals surface area contributed by atoms with Gasteiger partial charge in [-0.2, -0.15) is 0 Å². The van der Waals surface area contributed by atoms with Gasteiger partial charge >= 0.3 is 5.97 Å². The maximum absolute atomic E-state index is 13.5. The van der Waals surface area contributed by atoms with Gasteiger partial charge in [-0.05, 0) is 30.3 Å². The molecule has 0 aliphatic carbocycles. The van der Waals surface area contributed by atoms with Crippen LogP contribution >= 0.6 is 0 Å². The van der Waals surface area contributed by atoms with E-state index in [0.29, 0.717) is 5.69 Å². The third-order valence-corrected chi connectivity index (χ3v) is 2.67. The standard InChI is InChI=1S/C14H12F2N2O2/c1-20-14(19)8-2-4-13(11(17)6-8)18-12-5-3-9(15)7-10(12)16/h2-7,18H,17H2,1H3. The van der Waals surface area contributed by atoms with Crippen molar-refractivity contribution in [3.8, 4) is 0 Å². The second-order valence-corrected chi connectivity index (χ2v) is 4.04. The van der Waals surface area contributed by atoms with Crippen LogP contribution in [0.1, 0.15) is 10.4 Å². The van der Waals surface area contributed by atoms with Crippen LogP contribution in [0.4, 0.5) is 25.8 Å². The summed E-state index contributed by atoms with van der Waals surface area (Å²) in [6, 6.07) is 7.58. The van der Waals surface area contributed by atoms with E-state index < -0.39 is 17.6 Å². The monoisotopic (exact) mass is 278 g/mol. The first-order chi connectivity index (χ1) is 9.51. The number of carbonyl (C=O) groups excluding carboxylic acids is 1. The molecule has 2 aromatic rings. The molecule has 0 saturated carbocycles. The highest BCUT2D eigenvalue weighted by Crippen LogP contribution is 2.26. The molecule has 0 unspecified atom stereocenters. The molecule has 0 amide bonds. The highest BCUT2D eigenvalue weighted by atomic mass is 19.1. The van der Waals surface area contributed by atoms with Gasteiger partial charge < -0.3 is 15.8 Å². The maximum Gasteiger partial charge on any atom is 0.337 e. The number of nitrogens with one attached hydrogen (secondary N) is 1. The average Bonchev–Trinajstić information content (AvgIpc) is 2.42. The van der Waals surface area contributed by atoms with Crippen molar-refractivity contribution in [2.45, 2.75) is 0 Å². The first-order valence-corrected chi connectivity index (χ1v) is 5.71. The SMILES string of the molecule is COC(=O)c1ccc(Nc2ccc(F)cc2F)c(N)c1. The van der Waals surface area contributed by atoms with E-state index in [-0.39, 0.29) is 16.9 Å². The van der Waals surface area contributed by atoms with Gasteiger partial charge in [0.15, 0.2) is 0 Å². The number of halogens is 2. The van der Waals surface area contributed by atoms with Crippen LogP contribution in [-0.2, 0) is 4.74 Å². The molecule has 0 radical (unpaired) electrons. The van der Waals surface area contributed by atoms with Crippen LogP contribution in [0, 0.1) is 11.6 Å². The number of rotatable bonds is 3. The molecular weight excluding hydrogens is 266 g/mol. The Kier molecular flexibility index (Phi) is 3.84. The van der Waals surface area contributed by atoms with Crippen LogP contribution < -0.4 is 11.1 Å². The second kappa shape index (κ2) is 5.56. The molecule has 4 nitrogen and oxygen atoms in total. The lowest BCUT2D eigenvalue weighted by Crippen LogP contribution is -2.04. The summed E-state index contributed by atoms with van der Waals surface area (Å²) in [5.74, 6) is -1.92. The summed E-state index contributed by atoms with van der Waals surface area (Å²) in [5.41, 5.74) is 6.80. The van der Waals surface area contributed by atoms with E-state index in [4.69, 9.17) is 5.73 Å². The van der Waals surface area contributed by atoms with Crippen molar-refractivity contribution >= 4 is 23.0 Å². The summed E-state index contributed by atoms with van der Waals surface area (Å²) in [6.45, 7) is 0. The molecule has 0 heterocycles. The lowest BCUT2D eigenvalue weighted by atomic mass is 10.1. The molecule has 0 aliphatic rings. The molecule has 104 valence electrons. The van der Waals surface area contributed by atoms with Gasteiger partial charge in [0.2, 0.25) is 0 Å². The van der Waals surface area contributed by atoms with Crippen molar-refractivity contribution in [1.82, 2.24) is 0 Å². The van der Waals surface area contributed by atoms with Crippen LogP contribution in [0.25, 0.3) is 0 Å². The molecule has 0 aromatic heterocycles. The first-order valence-electron chi connectivity index (χ1n) is 5.71. The second-order valence-electron chi connectivity index (χ2n) is 4.04. The molecular formula is C14H12F2N2O2. The molecule has 20 heavy (non-hydrogen) atoms. The summed E-state index contributed by atoms with van der Waals surface area (Å²) in [4.78, 5) is 11.3. The molecule has 6 heteroatoms. The Morgan fingerprint density at radius 1 is 1.15 bits per heavy atom. The van der Waals surface area contributed by atoms with Crippen LogP contribution in [0.2, 0.25) is 0 Å². The fourth-order valence-corrected chi connectivity index (χ4v) is 1.66. The van der Waals surface area contributed by atoms with Crippen molar-refractivity contribution in [3.63, 3.8) is 0 Å². The molecule has 2 aromatic carbocycles. The number of hydrogen-bond donors (Lipinski definition) is 2. The fourth-order valence-electron chi connectivity index (χ4n) is 1.66. The zero-order chi connectivity index (χ0) is 14.7. The summed E-state index contributed by atoms with van der Waals surface area (Å²) < 4.78 is 30.9. The zero-order valence-electron chi connectivity index (χ0n) is 10.6. The number of ether oxygens (including phenoxy) is 1. The van der Waals surface area contributed by atoms with Gasteiger partial charge in [0, 0.05) is 6.07 Å².